The number of rotatable bonds is 2. The summed E-state index contributed by atoms with van der Waals surface area (Å²) in [4.78, 5) is 0. The average Bonchev–Trinajstić information content (AvgIpc) is 2.41. The van der Waals surface area contributed by atoms with E-state index in [0.717, 1.165) is 9.56 Å². The molecule has 0 saturated heterocycles. The van der Waals surface area contributed by atoms with E-state index in [4.69, 9.17) is 0 Å². The molecule has 2 radical (unpaired) electrons. The van der Waals surface area contributed by atoms with Gasteiger partial charge in [0.25, 0.3) is 0 Å². The monoisotopic (exact) mass is 374 g/mol. The van der Waals surface area contributed by atoms with E-state index in [1.165, 1.54) is 38.5 Å². The largest absolute Gasteiger partial charge is 0.325 e. The zero-order chi connectivity index (χ0) is 11.6. The molecule has 2 aliphatic rings. The number of hydrogen-bond donors (Lipinski definition) is 0. The Bertz CT molecular complexity index is 205. The van der Waals surface area contributed by atoms with Crippen molar-refractivity contribution in [3.63, 3.8) is 0 Å². The molecular formula is C12H18Al2Br2. The number of hydrogen-bond acceptors (Lipinski definition) is 0. The molecule has 2 aliphatic carbocycles. The Balaban J connectivity index is 0.000000160. The van der Waals surface area contributed by atoms with Crippen molar-refractivity contribution < 1.29 is 0 Å². The van der Waals surface area contributed by atoms with Crippen LogP contribution in [-0.4, -0.2) is 26.8 Å². The van der Waals surface area contributed by atoms with Gasteiger partial charge in [-0.25, -0.2) is 28.1 Å². The standard InChI is InChI=1S/2C6H9.2Al.2BrH/c2*1-2-4-6-5-3-1;;;;/h2*1-3H,4-6H2;;;2*1H/q;;2*+1;;/p-2. The van der Waals surface area contributed by atoms with E-state index in [9.17, 15) is 0 Å². The molecule has 0 aromatic rings. The maximum Gasteiger partial charge on any atom is 0.325 e. The van der Waals surface area contributed by atoms with E-state index < -0.39 is 0 Å². The van der Waals surface area contributed by atoms with Gasteiger partial charge in [-0.2, -0.15) is 0 Å². The van der Waals surface area contributed by atoms with Gasteiger partial charge in [0.1, 0.15) is 0 Å². The van der Waals surface area contributed by atoms with E-state index in [2.05, 4.69) is 52.4 Å². The molecule has 0 aromatic heterocycles. The summed E-state index contributed by atoms with van der Waals surface area (Å²) in [5.74, 6) is 0. The van der Waals surface area contributed by atoms with Gasteiger partial charge < -0.3 is 0 Å². The molecule has 0 amide bonds. The van der Waals surface area contributed by atoms with Gasteiger partial charge in [0, 0.05) is 0 Å². The quantitative estimate of drug-likeness (QED) is 0.467. The fourth-order valence-electron chi connectivity index (χ4n) is 1.89. The summed E-state index contributed by atoms with van der Waals surface area (Å²) in [7, 11) is 0. The lowest BCUT2D eigenvalue weighted by atomic mass is 10.1. The Kier molecular flexibility index (Phi) is 10.1. The Morgan fingerprint density at radius 1 is 0.812 bits per heavy atom. The first-order chi connectivity index (χ1) is 7.86. The molecule has 4 heteroatoms. The van der Waals surface area contributed by atoms with Crippen molar-refractivity contribution >= 4 is 54.9 Å². The van der Waals surface area contributed by atoms with Gasteiger partial charge in [0.2, 0.25) is 0 Å². The third-order valence-corrected chi connectivity index (χ3v) is 8.74. The normalized spacial score (nSPS) is 27.9. The summed E-state index contributed by atoms with van der Waals surface area (Å²) in [6.45, 7) is 0. The summed E-state index contributed by atoms with van der Waals surface area (Å²) in [5.41, 5.74) is 0. The van der Waals surface area contributed by atoms with Crippen LogP contribution in [-0.2, 0) is 0 Å². The van der Waals surface area contributed by atoms with Gasteiger partial charge in [-0.1, -0.05) is 59.5 Å². The number of halogens is 2. The summed E-state index contributed by atoms with van der Waals surface area (Å²) < 4.78 is 1.81. The molecule has 2 atom stereocenters. The molecule has 0 N–H and O–H groups in total. The van der Waals surface area contributed by atoms with Crippen LogP contribution in [0.2, 0.25) is 9.56 Å². The van der Waals surface area contributed by atoms with Crippen molar-refractivity contribution in [2.24, 2.45) is 0 Å². The lowest BCUT2D eigenvalue weighted by Gasteiger charge is -2.10. The Morgan fingerprint density at radius 3 is 1.44 bits per heavy atom. The molecule has 0 aliphatic heterocycles. The first kappa shape index (κ1) is 15.6. The van der Waals surface area contributed by atoms with Gasteiger partial charge in [0.15, 0.2) is 0 Å². The predicted molar refractivity (Wildman–Crippen MR) is 82.8 cm³/mol. The van der Waals surface area contributed by atoms with E-state index in [1.807, 2.05) is 0 Å². The third-order valence-electron chi connectivity index (χ3n) is 2.91. The highest BCUT2D eigenvalue weighted by Gasteiger charge is 2.07. The average molecular weight is 376 g/mol. The van der Waals surface area contributed by atoms with Crippen LogP contribution in [0.1, 0.15) is 38.5 Å². The maximum atomic E-state index is 3.54. The molecule has 2 rings (SSSR count). The molecule has 16 heavy (non-hydrogen) atoms. The highest BCUT2D eigenvalue weighted by Crippen LogP contribution is 2.22. The minimum Gasteiger partial charge on any atom is -0.232 e. The summed E-state index contributed by atoms with van der Waals surface area (Å²) in [6, 6.07) is 0. The second-order valence-corrected chi connectivity index (χ2v) is 9.69. The van der Waals surface area contributed by atoms with Crippen molar-refractivity contribution in [2.45, 2.75) is 48.1 Å². The molecule has 86 valence electrons. The Labute approximate surface area is 126 Å². The molecule has 0 bridgehead atoms. The zero-order valence-corrected chi connectivity index (χ0v) is 15.1. The molecule has 0 fully saturated rings. The van der Waals surface area contributed by atoms with Gasteiger partial charge in [-0.05, 0) is 12.8 Å². The van der Waals surface area contributed by atoms with Gasteiger partial charge in [0.05, 0.1) is 0 Å². The molecule has 0 saturated carbocycles. The van der Waals surface area contributed by atoms with Gasteiger partial charge >= 0.3 is 26.8 Å². The van der Waals surface area contributed by atoms with E-state index >= 15 is 0 Å². The molecule has 0 heterocycles. The van der Waals surface area contributed by atoms with Gasteiger partial charge in [-0.15, -0.1) is 0 Å². The lowest BCUT2D eigenvalue weighted by Crippen LogP contribution is -1.96. The van der Waals surface area contributed by atoms with Crippen LogP contribution in [0, 0.1) is 0 Å². The minimum atomic E-state index is 0.513. The van der Waals surface area contributed by atoms with E-state index in [-0.39, 0.29) is 0 Å². The lowest BCUT2D eigenvalue weighted by molar-refractivity contribution is 0.728. The van der Waals surface area contributed by atoms with Crippen molar-refractivity contribution in [3.05, 3.63) is 24.3 Å². The molecule has 0 nitrogen and oxygen atoms in total. The third kappa shape index (κ3) is 7.05. The molecule has 2 unspecified atom stereocenters. The van der Waals surface area contributed by atoms with Crippen molar-refractivity contribution in [3.8, 4) is 0 Å². The van der Waals surface area contributed by atoms with Crippen LogP contribution >= 0.6 is 28.1 Å². The van der Waals surface area contributed by atoms with Crippen LogP contribution in [0.4, 0.5) is 0 Å². The second-order valence-electron chi connectivity index (χ2n) is 4.30. The van der Waals surface area contributed by atoms with Crippen LogP contribution in [0.5, 0.6) is 0 Å². The van der Waals surface area contributed by atoms with Crippen molar-refractivity contribution in [2.75, 3.05) is 0 Å². The summed E-state index contributed by atoms with van der Waals surface area (Å²) in [5, 5.41) is 0. The van der Waals surface area contributed by atoms with E-state index in [0.29, 0.717) is 26.8 Å². The van der Waals surface area contributed by atoms with Crippen molar-refractivity contribution in [1.82, 2.24) is 0 Å². The highest BCUT2D eigenvalue weighted by molar-refractivity contribution is 9.23. The zero-order valence-electron chi connectivity index (χ0n) is 9.62. The van der Waals surface area contributed by atoms with Gasteiger partial charge in [-0.3, -0.25) is 0 Å². The van der Waals surface area contributed by atoms with Crippen LogP contribution < -0.4 is 0 Å². The van der Waals surface area contributed by atoms with Crippen LogP contribution in [0.3, 0.4) is 0 Å². The topological polar surface area (TPSA) is 0 Å². The second kappa shape index (κ2) is 10.4. The first-order valence-electron chi connectivity index (χ1n) is 6.07. The summed E-state index contributed by atoms with van der Waals surface area (Å²) in [6.07, 6.45) is 17.6. The van der Waals surface area contributed by atoms with Crippen molar-refractivity contribution in [1.29, 1.82) is 0 Å². The first-order valence-corrected chi connectivity index (χ1v) is 13.8. The summed E-state index contributed by atoms with van der Waals surface area (Å²) >= 11 is 8.11. The smallest absolute Gasteiger partial charge is 0.232 e. The Hall–Kier alpha value is 1.50. The minimum absolute atomic E-state index is 0.513. The maximum absolute atomic E-state index is 3.54. The van der Waals surface area contributed by atoms with Crippen LogP contribution in [0.15, 0.2) is 24.3 Å². The molecular weight excluding hydrogens is 358 g/mol. The molecule has 0 aromatic carbocycles. The molecule has 0 spiro atoms. The van der Waals surface area contributed by atoms with Crippen LogP contribution in [0.25, 0.3) is 0 Å². The van der Waals surface area contributed by atoms with E-state index in [1.54, 1.807) is 0 Å². The SMILES string of the molecule is [Br][Al][CH]1C=CCCC1.[Br][Al][CH]1C=CCCC1. The highest BCUT2D eigenvalue weighted by atomic mass is 79.9. The fourth-order valence-corrected chi connectivity index (χ4v) is 5.74. The number of allylic oxidation sites excluding steroid dienone is 4. The fraction of sp³-hybridized carbons (Fsp3) is 0.667. The predicted octanol–water partition coefficient (Wildman–Crippen LogP) is 5.06. The Morgan fingerprint density at radius 2 is 1.25 bits per heavy atom.